The number of urea groups is 1. The van der Waals surface area contributed by atoms with Gasteiger partial charge in [0.05, 0.1) is 0 Å². The number of imide groups is 2. The van der Waals surface area contributed by atoms with Crippen LogP contribution in [0.25, 0.3) is 0 Å². The smallest absolute Gasteiger partial charge is 0.300 e. The first-order valence-corrected chi connectivity index (χ1v) is 5.81. The first-order valence-electron chi connectivity index (χ1n) is 5.81. The van der Waals surface area contributed by atoms with Crippen molar-refractivity contribution >= 4 is 23.6 Å². The van der Waals surface area contributed by atoms with Gasteiger partial charge in [0.15, 0.2) is 0 Å². The fourth-order valence-corrected chi connectivity index (χ4v) is 2.14. The molecular formula is C12H18N2O4. The Morgan fingerprint density at radius 1 is 1.11 bits per heavy atom. The van der Waals surface area contributed by atoms with Crippen LogP contribution in [0.3, 0.4) is 0 Å². The fraction of sp³-hybridized carbons (Fsp3) is 0.667. The van der Waals surface area contributed by atoms with Crippen molar-refractivity contribution in [1.29, 1.82) is 0 Å². The molecule has 0 aromatic heterocycles. The minimum Gasteiger partial charge on any atom is -0.300 e. The molecule has 0 aliphatic carbocycles. The molecule has 0 unspecified atom stereocenters. The molecule has 18 heavy (non-hydrogen) atoms. The van der Waals surface area contributed by atoms with E-state index in [0.717, 1.165) is 9.80 Å². The predicted octanol–water partition coefficient (Wildman–Crippen LogP) is 0.802. The number of Topliss-reactive ketones (excluding diaryl/α,β-unsaturated/α-hetero) is 1. The van der Waals surface area contributed by atoms with E-state index in [1.54, 1.807) is 0 Å². The summed E-state index contributed by atoms with van der Waals surface area (Å²) >= 11 is 0. The van der Waals surface area contributed by atoms with Gasteiger partial charge in [0.2, 0.25) is 11.8 Å². The summed E-state index contributed by atoms with van der Waals surface area (Å²) in [7, 11) is 2.72. The highest BCUT2D eigenvalue weighted by molar-refractivity contribution is 6.18. The molecule has 0 spiro atoms. The summed E-state index contributed by atoms with van der Waals surface area (Å²) in [6.45, 7) is 2.99. The first kappa shape index (κ1) is 14.3. The van der Waals surface area contributed by atoms with Gasteiger partial charge in [-0.15, -0.1) is 0 Å². The lowest BCUT2D eigenvalue weighted by Gasteiger charge is -2.39. The minimum absolute atomic E-state index is 0.0205. The lowest BCUT2D eigenvalue weighted by Crippen LogP contribution is -2.61. The Kier molecular flexibility index (Phi) is 3.88. The van der Waals surface area contributed by atoms with Crippen LogP contribution in [-0.2, 0) is 14.4 Å². The minimum atomic E-state index is -1.24. The summed E-state index contributed by atoms with van der Waals surface area (Å²) in [6.07, 6.45) is 1.06. The second-order valence-electron chi connectivity index (χ2n) is 4.90. The van der Waals surface area contributed by atoms with Crippen LogP contribution in [0.1, 0.15) is 33.1 Å². The first-order chi connectivity index (χ1) is 8.21. The van der Waals surface area contributed by atoms with E-state index >= 15 is 0 Å². The number of barbiturate groups is 1. The zero-order valence-corrected chi connectivity index (χ0v) is 11.1. The third kappa shape index (κ3) is 2.27. The molecule has 6 nitrogen and oxygen atoms in total. The average molecular weight is 254 g/mol. The molecule has 1 heterocycles. The number of amides is 4. The summed E-state index contributed by atoms with van der Waals surface area (Å²) in [5.41, 5.74) is -1.24. The Labute approximate surface area is 106 Å². The van der Waals surface area contributed by atoms with Crippen LogP contribution < -0.4 is 0 Å². The quantitative estimate of drug-likeness (QED) is 0.695. The van der Waals surface area contributed by atoms with Gasteiger partial charge in [0.25, 0.3) is 0 Å². The van der Waals surface area contributed by atoms with Gasteiger partial charge in [-0.3, -0.25) is 19.4 Å². The molecule has 1 aliphatic heterocycles. The van der Waals surface area contributed by atoms with E-state index in [1.807, 2.05) is 0 Å². The standard InChI is InChI=1S/C12H18N2O4/c1-8(15)6-5-7-12(2)9(16)13(3)11(18)14(4)10(12)17/h5-7H2,1-4H3. The number of carbonyl (C=O) groups excluding carboxylic acids is 4. The van der Waals surface area contributed by atoms with Gasteiger partial charge in [0, 0.05) is 20.5 Å². The Morgan fingerprint density at radius 3 is 1.94 bits per heavy atom. The van der Waals surface area contributed by atoms with Crippen LogP contribution in [0, 0.1) is 5.41 Å². The van der Waals surface area contributed by atoms with Gasteiger partial charge in [-0.05, 0) is 26.7 Å². The Hall–Kier alpha value is -1.72. The zero-order chi connectivity index (χ0) is 14.1. The molecule has 0 aromatic rings. The van der Waals surface area contributed by atoms with Gasteiger partial charge in [-0.1, -0.05) is 0 Å². The van der Waals surface area contributed by atoms with Gasteiger partial charge in [-0.2, -0.15) is 0 Å². The molecular weight excluding hydrogens is 236 g/mol. The molecule has 0 bridgehead atoms. The number of ketones is 1. The van der Waals surface area contributed by atoms with E-state index < -0.39 is 23.3 Å². The normalized spacial score (nSPS) is 19.4. The van der Waals surface area contributed by atoms with E-state index in [1.165, 1.54) is 27.9 Å². The summed E-state index contributed by atoms with van der Waals surface area (Å²) in [5, 5.41) is 0. The van der Waals surface area contributed by atoms with Crippen molar-refractivity contribution in [3.63, 3.8) is 0 Å². The number of carbonyl (C=O) groups is 4. The third-order valence-corrected chi connectivity index (χ3v) is 3.33. The molecule has 0 atom stereocenters. The fourth-order valence-electron chi connectivity index (χ4n) is 2.14. The monoisotopic (exact) mass is 254 g/mol. The Morgan fingerprint density at radius 2 is 1.56 bits per heavy atom. The number of nitrogens with zero attached hydrogens (tertiary/aromatic N) is 2. The average Bonchev–Trinajstić information content (AvgIpc) is 2.32. The molecule has 0 radical (unpaired) electrons. The summed E-state index contributed by atoms with van der Waals surface area (Å²) in [6, 6.07) is -0.617. The third-order valence-electron chi connectivity index (χ3n) is 3.33. The highest BCUT2D eigenvalue weighted by atomic mass is 16.2. The van der Waals surface area contributed by atoms with E-state index in [2.05, 4.69) is 0 Å². The predicted molar refractivity (Wildman–Crippen MR) is 63.6 cm³/mol. The molecule has 0 N–H and O–H groups in total. The van der Waals surface area contributed by atoms with Gasteiger partial charge in [-0.25, -0.2) is 4.79 Å². The number of hydrogen-bond acceptors (Lipinski definition) is 4. The van der Waals surface area contributed by atoms with Gasteiger partial charge in [0.1, 0.15) is 11.2 Å². The maximum Gasteiger partial charge on any atom is 0.332 e. The largest absolute Gasteiger partial charge is 0.332 e. The van der Waals surface area contributed by atoms with Crippen molar-refractivity contribution in [2.45, 2.75) is 33.1 Å². The second kappa shape index (κ2) is 4.88. The number of hydrogen-bond donors (Lipinski definition) is 0. The van der Waals surface area contributed by atoms with Crippen LogP contribution in [0.5, 0.6) is 0 Å². The van der Waals surface area contributed by atoms with Gasteiger partial charge < -0.3 is 4.79 Å². The van der Waals surface area contributed by atoms with Crippen molar-refractivity contribution in [2.75, 3.05) is 14.1 Å². The summed E-state index contributed by atoms with van der Waals surface area (Å²) in [4.78, 5) is 48.5. The van der Waals surface area contributed by atoms with Crippen LogP contribution in [0.4, 0.5) is 4.79 Å². The van der Waals surface area contributed by atoms with Crippen molar-refractivity contribution in [2.24, 2.45) is 5.41 Å². The van der Waals surface area contributed by atoms with Crippen molar-refractivity contribution < 1.29 is 19.2 Å². The maximum absolute atomic E-state index is 12.1. The van der Waals surface area contributed by atoms with Crippen LogP contribution >= 0.6 is 0 Å². The van der Waals surface area contributed by atoms with E-state index in [4.69, 9.17) is 0 Å². The molecule has 4 amide bonds. The Bertz CT molecular complexity index is 392. The van der Waals surface area contributed by atoms with E-state index in [-0.39, 0.29) is 12.2 Å². The van der Waals surface area contributed by atoms with Crippen molar-refractivity contribution in [3.8, 4) is 0 Å². The maximum atomic E-state index is 12.1. The van der Waals surface area contributed by atoms with Crippen LogP contribution in [-0.4, -0.2) is 47.5 Å². The topological polar surface area (TPSA) is 74.8 Å². The molecule has 100 valence electrons. The lowest BCUT2D eigenvalue weighted by molar-refractivity contribution is -0.156. The van der Waals surface area contributed by atoms with E-state index in [0.29, 0.717) is 12.8 Å². The molecule has 1 rings (SSSR count). The highest BCUT2D eigenvalue weighted by Crippen LogP contribution is 2.32. The lowest BCUT2D eigenvalue weighted by atomic mass is 9.80. The summed E-state index contributed by atoms with van der Waals surface area (Å²) < 4.78 is 0. The molecule has 1 aliphatic rings. The zero-order valence-electron chi connectivity index (χ0n) is 11.1. The molecule has 1 saturated heterocycles. The SMILES string of the molecule is CC(=O)CCCC1(C)C(=O)N(C)C(=O)N(C)C1=O. The Balaban J connectivity index is 2.90. The van der Waals surface area contributed by atoms with Crippen LogP contribution in [0.15, 0.2) is 0 Å². The van der Waals surface area contributed by atoms with E-state index in [9.17, 15) is 19.2 Å². The van der Waals surface area contributed by atoms with Crippen molar-refractivity contribution in [3.05, 3.63) is 0 Å². The summed E-state index contributed by atoms with van der Waals surface area (Å²) in [5.74, 6) is -0.981. The molecule has 1 fully saturated rings. The molecule has 6 heteroatoms. The van der Waals surface area contributed by atoms with Crippen LogP contribution in [0.2, 0.25) is 0 Å². The van der Waals surface area contributed by atoms with Crippen molar-refractivity contribution in [1.82, 2.24) is 9.80 Å². The second-order valence-corrected chi connectivity index (χ2v) is 4.90. The molecule has 0 aromatic carbocycles. The highest BCUT2D eigenvalue weighted by Gasteiger charge is 2.51. The molecule has 0 saturated carbocycles. The van der Waals surface area contributed by atoms with Gasteiger partial charge >= 0.3 is 6.03 Å². The number of rotatable bonds is 4.